The number of aromatic nitrogens is 2. The van der Waals surface area contributed by atoms with E-state index in [9.17, 15) is 9.59 Å². The van der Waals surface area contributed by atoms with Crippen LogP contribution in [0.15, 0.2) is 15.7 Å². The molecule has 19 heavy (non-hydrogen) atoms. The topological polar surface area (TPSA) is 65.3 Å². The monoisotopic (exact) mass is 267 g/mol. The molecule has 1 aliphatic rings. The highest BCUT2D eigenvalue weighted by atomic mass is 16.5. The van der Waals surface area contributed by atoms with Gasteiger partial charge in [-0.05, 0) is 25.3 Å². The van der Waals surface area contributed by atoms with Gasteiger partial charge < -0.3 is 10.1 Å². The Morgan fingerprint density at radius 1 is 1.26 bits per heavy atom. The molecule has 1 saturated heterocycles. The Morgan fingerprint density at radius 2 is 1.95 bits per heavy atom. The highest BCUT2D eigenvalue weighted by Gasteiger charge is 2.13. The maximum absolute atomic E-state index is 11.8. The minimum Gasteiger partial charge on any atom is -0.381 e. The standard InChI is InChI=1S/C13H21N3O3/c1-15-11(7-12(17)16(2)13(15)18)9-14-8-10-3-5-19-6-4-10/h7,10,14H,3-6,8-9H2,1-2H3. The molecule has 1 aliphatic heterocycles. The van der Waals surface area contributed by atoms with Crippen LogP contribution in [0.2, 0.25) is 0 Å². The van der Waals surface area contributed by atoms with Crippen molar-refractivity contribution in [2.45, 2.75) is 19.4 Å². The molecule has 1 aromatic heterocycles. The first-order valence-electron chi connectivity index (χ1n) is 6.64. The van der Waals surface area contributed by atoms with Crippen molar-refractivity contribution in [3.05, 3.63) is 32.6 Å². The number of nitrogens with one attached hydrogen (secondary N) is 1. The van der Waals surface area contributed by atoms with Gasteiger partial charge in [-0.15, -0.1) is 0 Å². The fourth-order valence-electron chi connectivity index (χ4n) is 2.30. The predicted molar refractivity (Wildman–Crippen MR) is 72.2 cm³/mol. The van der Waals surface area contributed by atoms with E-state index in [0.717, 1.165) is 42.9 Å². The van der Waals surface area contributed by atoms with Crippen LogP contribution in [0.3, 0.4) is 0 Å². The van der Waals surface area contributed by atoms with E-state index in [1.54, 1.807) is 7.05 Å². The summed E-state index contributed by atoms with van der Waals surface area (Å²) in [5, 5.41) is 3.32. The minimum absolute atomic E-state index is 0.258. The van der Waals surface area contributed by atoms with Gasteiger partial charge >= 0.3 is 5.69 Å². The van der Waals surface area contributed by atoms with Crippen molar-refractivity contribution >= 4 is 0 Å². The van der Waals surface area contributed by atoms with Crippen LogP contribution in [0.4, 0.5) is 0 Å². The quantitative estimate of drug-likeness (QED) is 0.806. The normalized spacial score (nSPS) is 16.7. The van der Waals surface area contributed by atoms with Crippen LogP contribution in [-0.2, 0) is 25.4 Å². The summed E-state index contributed by atoms with van der Waals surface area (Å²) in [7, 11) is 3.18. The number of nitrogens with zero attached hydrogens (tertiary/aromatic N) is 2. The Bertz CT molecular complexity index is 541. The van der Waals surface area contributed by atoms with E-state index in [1.807, 2.05) is 0 Å². The van der Waals surface area contributed by atoms with Crippen molar-refractivity contribution in [2.24, 2.45) is 20.0 Å². The molecule has 0 aromatic carbocycles. The lowest BCUT2D eigenvalue weighted by atomic mass is 10.0. The van der Waals surface area contributed by atoms with Gasteiger partial charge in [0.1, 0.15) is 0 Å². The first kappa shape index (κ1) is 14.0. The molecule has 0 bridgehead atoms. The summed E-state index contributed by atoms with van der Waals surface area (Å²) in [6.07, 6.45) is 2.14. The number of hydrogen-bond acceptors (Lipinski definition) is 4. The molecule has 0 spiro atoms. The third-order valence-corrected chi connectivity index (χ3v) is 3.71. The Hall–Kier alpha value is -1.40. The fourth-order valence-corrected chi connectivity index (χ4v) is 2.30. The molecule has 0 radical (unpaired) electrons. The fraction of sp³-hybridized carbons (Fsp3) is 0.692. The maximum Gasteiger partial charge on any atom is 0.330 e. The molecule has 106 valence electrons. The van der Waals surface area contributed by atoms with Gasteiger partial charge in [-0.3, -0.25) is 13.9 Å². The van der Waals surface area contributed by atoms with Crippen LogP contribution < -0.4 is 16.6 Å². The molecule has 6 nitrogen and oxygen atoms in total. The second-order valence-corrected chi connectivity index (χ2v) is 5.06. The molecule has 0 unspecified atom stereocenters. The van der Waals surface area contributed by atoms with Crippen molar-refractivity contribution in [3.8, 4) is 0 Å². The molecule has 0 aliphatic carbocycles. The van der Waals surface area contributed by atoms with Crippen LogP contribution in [0.25, 0.3) is 0 Å². The molecule has 1 N–H and O–H groups in total. The van der Waals surface area contributed by atoms with Crippen LogP contribution in [0, 0.1) is 5.92 Å². The van der Waals surface area contributed by atoms with Gasteiger partial charge in [0.05, 0.1) is 0 Å². The number of rotatable bonds is 4. The summed E-state index contributed by atoms with van der Waals surface area (Å²) in [6, 6.07) is 1.51. The Morgan fingerprint density at radius 3 is 2.63 bits per heavy atom. The summed E-state index contributed by atoms with van der Waals surface area (Å²) >= 11 is 0. The molecule has 0 amide bonds. The number of hydrogen-bond donors (Lipinski definition) is 1. The molecular formula is C13H21N3O3. The van der Waals surface area contributed by atoms with Gasteiger partial charge in [-0.2, -0.15) is 0 Å². The van der Waals surface area contributed by atoms with Gasteiger partial charge in [0.25, 0.3) is 5.56 Å². The summed E-state index contributed by atoms with van der Waals surface area (Å²) in [6.45, 7) is 3.10. The zero-order valence-corrected chi connectivity index (χ0v) is 11.5. The lowest BCUT2D eigenvalue weighted by molar-refractivity contribution is 0.0662. The van der Waals surface area contributed by atoms with E-state index < -0.39 is 0 Å². The third-order valence-electron chi connectivity index (χ3n) is 3.71. The average molecular weight is 267 g/mol. The summed E-state index contributed by atoms with van der Waals surface area (Å²) in [5.41, 5.74) is 0.182. The van der Waals surface area contributed by atoms with Crippen LogP contribution in [0.1, 0.15) is 18.5 Å². The molecule has 1 aromatic rings. The van der Waals surface area contributed by atoms with E-state index in [4.69, 9.17) is 4.74 Å². The van der Waals surface area contributed by atoms with Gasteiger partial charge in [-0.1, -0.05) is 0 Å². The summed E-state index contributed by atoms with van der Waals surface area (Å²) < 4.78 is 7.94. The van der Waals surface area contributed by atoms with Gasteiger partial charge in [0, 0.05) is 45.6 Å². The Balaban J connectivity index is 1.96. The van der Waals surface area contributed by atoms with Crippen molar-refractivity contribution in [3.63, 3.8) is 0 Å². The second-order valence-electron chi connectivity index (χ2n) is 5.06. The van der Waals surface area contributed by atoms with E-state index in [0.29, 0.717) is 12.5 Å². The van der Waals surface area contributed by atoms with Crippen molar-refractivity contribution < 1.29 is 4.74 Å². The highest BCUT2D eigenvalue weighted by Crippen LogP contribution is 2.13. The average Bonchev–Trinajstić information content (AvgIpc) is 2.43. The molecule has 0 saturated carbocycles. The lowest BCUT2D eigenvalue weighted by Crippen LogP contribution is -2.39. The molecule has 2 rings (SSSR count). The van der Waals surface area contributed by atoms with Crippen LogP contribution >= 0.6 is 0 Å². The molecule has 1 fully saturated rings. The lowest BCUT2D eigenvalue weighted by Gasteiger charge is -2.22. The summed E-state index contributed by atoms with van der Waals surface area (Å²) in [5.74, 6) is 0.623. The third kappa shape index (κ3) is 3.33. The first-order chi connectivity index (χ1) is 9.09. The molecule has 2 heterocycles. The number of ether oxygens (including phenoxy) is 1. The van der Waals surface area contributed by atoms with Crippen molar-refractivity contribution in [1.82, 2.24) is 14.5 Å². The first-order valence-corrected chi connectivity index (χ1v) is 6.64. The van der Waals surface area contributed by atoms with Gasteiger partial charge in [0.15, 0.2) is 0 Å². The van der Waals surface area contributed by atoms with E-state index in [1.165, 1.54) is 17.7 Å². The Labute approximate surface area is 112 Å². The van der Waals surface area contributed by atoms with E-state index >= 15 is 0 Å². The molecule has 6 heteroatoms. The van der Waals surface area contributed by atoms with Crippen molar-refractivity contribution in [1.29, 1.82) is 0 Å². The zero-order chi connectivity index (χ0) is 13.8. The maximum atomic E-state index is 11.8. The zero-order valence-electron chi connectivity index (χ0n) is 11.5. The van der Waals surface area contributed by atoms with Gasteiger partial charge in [-0.25, -0.2) is 4.79 Å². The highest BCUT2D eigenvalue weighted by molar-refractivity contribution is 5.01. The minimum atomic E-state index is -0.282. The smallest absolute Gasteiger partial charge is 0.330 e. The van der Waals surface area contributed by atoms with Crippen LogP contribution in [-0.4, -0.2) is 28.9 Å². The molecule has 0 atom stereocenters. The summed E-state index contributed by atoms with van der Waals surface area (Å²) in [4.78, 5) is 23.3. The SMILES string of the molecule is Cn1c(CNCC2CCOCC2)cc(=O)n(C)c1=O. The predicted octanol–water partition coefficient (Wildman–Crippen LogP) is -0.400. The Kier molecular flexibility index (Phi) is 4.55. The largest absolute Gasteiger partial charge is 0.381 e. The van der Waals surface area contributed by atoms with Gasteiger partial charge in [0.2, 0.25) is 0 Å². The molecular weight excluding hydrogens is 246 g/mol. The van der Waals surface area contributed by atoms with Crippen LogP contribution in [0.5, 0.6) is 0 Å². The van der Waals surface area contributed by atoms with Crippen molar-refractivity contribution in [2.75, 3.05) is 19.8 Å². The van der Waals surface area contributed by atoms with E-state index in [2.05, 4.69) is 5.32 Å². The second kappa shape index (κ2) is 6.16. The van der Waals surface area contributed by atoms with E-state index in [-0.39, 0.29) is 11.2 Å².